The highest BCUT2D eigenvalue weighted by atomic mass is 16.3. The Morgan fingerprint density at radius 2 is 1.97 bits per heavy atom. The van der Waals surface area contributed by atoms with E-state index in [9.17, 15) is 5.11 Å². The van der Waals surface area contributed by atoms with Gasteiger partial charge in [-0.25, -0.2) is 19.3 Å². The van der Waals surface area contributed by atoms with E-state index in [0.29, 0.717) is 18.1 Å². The Bertz CT molecular complexity index is 1330. The molecule has 1 aromatic carbocycles. The first-order valence-corrected chi connectivity index (χ1v) is 9.61. The number of benzene rings is 1. The van der Waals surface area contributed by atoms with Gasteiger partial charge in [-0.15, -0.1) is 0 Å². The molecule has 0 saturated carbocycles. The Balaban J connectivity index is 1.36. The lowest BCUT2D eigenvalue weighted by atomic mass is 10.1. The zero-order valence-corrected chi connectivity index (χ0v) is 16.7. The first-order chi connectivity index (χ1) is 15.2. The third kappa shape index (κ3) is 3.69. The lowest BCUT2D eigenvalue weighted by molar-refractivity contribution is 0.197. The number of hydrogen-bond acceptors (Lipinski definition) is 8. The maximum atomic E-state index is 9.34. The van der Waals surface area contributed by atoms with Gasteiger partial charge in [0.25, 0.3) is 0 Å². The number of nitrogens with zero attached hydrogens (tertiary/aromatic N) is 8. The molecule has 0 aliphatic rings. The molecule has 0 unspecified atom stereocenters. The van der Waals surface area contributed by atoms with Crippen molar-refractivity contribution in [2.24, 2.45) is 7.05 Å². The van der Waals surface area contributed by atoms with Gasteiger partial charge in [0.05, 0.1) is 11.6 Å². The Labute approximate surface area is 177 Å². The predicted octanol–water partition coefficient (Wildman–Crippen LogP) is 1.86. The van der Waals surface area contributed by atoms with Crippen molar-refractivity contribution in [1.29, 1.82) is 0 Å². The van der Waals surface area contributed by atoms with Gasteiger partial charge in [-0.3, -0.25) is 10.1 Å². The van der Waals surface area contributed by atoms with Crippen LogP contribution in [0.4, 0.5) is 11.8 Å². The summed E-state index contributed by atoms with van der Waals surface area (Å²) in [6, 6.07) is 10.2. The minimum atomic E-state index is -0.276. The predicted molar refractivity (Wildman–Crippen MR) is 115 cm³/mol. The number of rotatable bonds is 7. The van der Waals surface area contributed by atoms with Crippen LogP contribution in [0.25, 0.3) is 22.2 Å². The highest BCUT2D eigenvalue weighted by Crippen LogP contribution is 2.23. The van der Waals surface area contributed by atoms with Crippen molar-refractivity contribution in [2.45, 2.75) is 13.3 Å². The van der Waals surface area contributed by atoms with Gasteiger partial charge >= 0.3 is 0 Å². The van der Waals surface area contributed by atoms with E-state index >= 15 is 0 Å². The van der Waals surface area contributed by atoms with Crippen molar-refractivity contribution < 1.29 is 5.11 Å². The summed E-state index contributed by atoms with van der Waals surface area (Å²) in [5, 5.41) is 21.8. The monoisotopic (exact) mass is 416 g/mol. The molecule has 0 atom stereocenters. The fourth-order valence-corrected chi connectivity index (χ4v) is 3.36. The maximum Gasteiger partial charge on any atom is 0.242 e. The summed E-state index contributed by atoms with van der Waals surface area (Å²) in [4.78, 5) is 12.9. The second kappa shape index (κ2) is 7.88. The van der Waals surface area contributed by atoms with Gasteiger partial charge in [-0.2, -0.15) is 15.2 Å². The molecule has 5 rings (SSSR count). The average Bonchev–Trinajstić information content (AvgIpc) is 3.53. The quantitative estimate of drug-likeness (QED) is 0.367. The fraction of sp³-hybridized carbons (Fsp3) is 0.150. The number of nitrogens with one attached hydrogen (secondary N) is 2. The summed E-state index contributed by atoms with van der Waals surface area (Å²) in [6.07, 6.45) is 8.54. The maximum absolute atomic E-state index is 9.34. The Kier molecular flexibility index (Phi) is 4.77. The lowest BCUT2D eigenvalue weighted by Crippen LogP contribution is -2.14. The summed E-state index contributed by atoms with van der Waals surface area (Å²) in [6.45, 7) is 0.332. The summed E-state index contributed by atoms with van der Waals surface area (Å²) in [7, 11) is 1.91. The molecule has 31 heavy (non-hydrogen) atoms. The normalized spacial score (nSPS) is 11.2. The third-order valence-corrected chi connectivity index (χ3v) is 4.88. The molecule has 4 heterocycles. The van der Waals surface area contributed by atoms with E-state index < -0.39 is 0 Å². The minimum absolute atomic E-state index is 0.276. The first-order valence-electron chi connectivity index (χ1n) is 9.61. The molecule has 5 aromatic rings. The van der Waals surface area contributed by atoms with Crippen LogP contribution in [0.2, 0.25) is 0 Å². The van der Waals surface area contributed by atoms with Crippen molar-refractivity contribution in [3.63, 3.8) is 0 Å². The highest BCUT2D eigenvalue weighted by Gasteiger charge is 2.11. The smallest absolute Gasteiger partial charge is 0.242 e. The third-order valence-electron chi connectivity index (χ3n) is 4.88. The summed E-state index contributed by atoms with van der Waals surface area (Å²) in [5.41, 5.74) is 7.07. The SMILES string of the molecule is Cn1cc(-c2cccc(CNc3ncnc4c3ccn4Nc3ncnn3CO)c2)cn1. The van der Waals surface area contributed by atoms with Crippen molar-refractivity contribution in [3.05, 3.63) is 67.1 Å². The van der Waals surface area contributed by atoms with Crippen LogP contribution in [0.3, 0.4) is 0 Å². The molecule has 3 N–H and O–H groups in total. The van der Waals surface area contributed by atoms with Gasteiger partial charge in [-0.05, 0) is 23.3 Å². The van der Waals surface area contributed by atoms with Crippen LogP contribution in [0.1, 0.15) is 5.56 Å². The van der Waals surface area contributed by atoms with Crippen LogP contribution in [0, 0.1) is 0 Å². The number of hydrogen-bond donors (Lipinski definition) is 3. The molecular weight excluding hydrogens is 396 g/mol. The minimum Gasteiger partial charge on any atom is -0.374 e. The van der Waals surface area contributed by atoms with Crippen LogP contribution >= 0.6 is 0 Å². The van der Waals surface area contributed by atoms with Crippen molar-refractivity contribution in [3.8, 4) is 11.1 Å². The van der Waals surface area contributed by atoms with Crippen LogP contribution in [0.15, 0.2) is 61.6 Å². The van der Waals surface area contributed by atoms with Crippen molar-refractivity contribution in [2.75, 3.05) is 10.7 Å². The number of aliphatic hydroxyl groups excluding tert-OH is 1. The van der Waals surface area contributed by atoms with Crippen LogP contribution in [-0.4, -0.2) is 44.3 Å². The number of fused-ring (bicyclic) bond motifs is 1. The molecule has 4 aromatic heterocycles. The standard InChI is InChI=1S/C20H20N10O/c1-28-10-16(9-25-28)15-4-2-3-14(7-15)8-21-18-17-5-6-29(19(17)23-11-22-18)27-20-24-12-26-30(20)13-31/h2-7,9-12,31H,8,13H2,1H3,(H,21,22,23)(H,24,26,27). The molecule has 0 spiro atoms. The molecule has 0 fully saturated rings. The van der Waals surface area contributed by atoms with Crippen LogP contribution in [0.5, 0.6) is 0 Å². The lowest BCUT2D eigenvalue weighted by Gasteiger charge is -2.10. The molecule has 0 bridgehead atoms. The van der Waals surface area contributed by atoms with E-state index in [-0.39, 0.29) is 6.73 Å². The number of anilines is 2. The summed E-state index contributed by atoms with van der Waals surface area (Å²) < 4.78 is 4.84. The summed E-state index contributed by atoms with van der Waals surface area (Å²) >= 11 is 0. The molecule has 0 saturated heterocycles. The molecule has 11 heteroatoms. The molecule has 156 valence electrons. The van der Waals surface area contributed by atoms with E-state index in [1.165, 1.54) is 17.3 Å². The Morgan fingerprint density at radius 3 is 2.81 bits per heavy atom. The van der Waals surface area contributed by atoms with Gasteiger partial charge in [0.15, 0.2) is 5.65 Å². The molecule has 11 nitrogen and oxygen atoms in total. The van der Waals surface area contributed by atoms with Crippen molar-refractivity contribution in [1.82, 2.24) is 39.2 Å². The number of aromatic nitrogens is 8. The average molecular weight is 416 g/mol. The van der Waals surface area contributed by atoms with E-state index in [4.69, 9.17) is 0 Å². The Hall–Kier alpha value is -4.25. The van der Waals surface area contributed by atoms with E-state index in [1.807, 2.05) is 37.8 Å². The molecule has 0 radical (unpaired) electrons. The van der Waals surface area contributed by atoms with Crippen LogP contribution in [-0.2, 0) is 20.3 Å². The fourth-order valence-electron chi connectivity index (χ4n) is 3.36. The van der Waals surface area contributed by atoms with Gasteiger partial charge in [0.2, 0.25) is 5.95 Å². The van der Waals surface area contributed by atoms with E-state index in [2.05, 4.69) is 54.1 Å². The molecular formula is C20H20N10O. The number of aryl methyl sites for hydroxylation is 1. The van der Waals surface area contributed by atoms with Gasteiger partial charge in [0.1, 0.15) is 25.2 Å². The van der Waals surface area contributed by atoms with Gasteiger partial charge in [0, 0.05) is 31.5 Å². The summed E-state index contributed by atoms with van der Waals surface area (Å²) in [5.74, 6) is 1.13. The largest absolute Gasteiger partial charge is 0.374 e. The second-order valence-corrected chi connectivity index (χ2v) is 6.94. The van der Waals surface area contributed by atoms with Crippen LogP contribution < -0.4 is 10.7 Å². The van der Waals surface area contributed by atoms with Crippen molar-refractivity contribution >= 4 is 22.8 Å². The number of aliphatic hydroxyl groups is 1. The zero-order valence-electron chi connectivity index (χ0n) is 16.7. The zero-order chi connectivity index (χ0) is 21.2. The Morgan fingerprint density at radius 1 is 1.03 bits per heavy atom. The first kappa shape index (κ1) is 18.8. The van der Waals surface area contributed by atoms with Gasteiger partial charge < -0.3 is 10.4 Å². The van der Waals surface area contributed by atoms with E-state index in [0.717, 1.165) is 27.9 Å². The molecule has 0 amide bonds. The molecule has 0 aliphatic heterocycles. The second-order valence-electron chi connectivity index (χ2n) is 6.94. The topological polar surface area (TPSA) is 124 Å². The van der Waals surface area contributed by atoms with E-state index in [1.54, 1.807) is 9.36 Å². The highest BCUT2D eigenvalue weighted by molar-refractivity contribution is 5.87. The molecule has 0 aliphatic carbocycles. The van der Waals surface area contributed by atoms with Gasteiger partial charge in [-0.1, -0.05) is 18.2 Å².